The van der Waals surface area contributed by atoms with Crippen molar-refractivity contribution in [3.8, 4) is 0 Å². The van der Waals surface area contributed by atoms with E-state index in [4.69, 9.17) is 0 Å². The topological polar surface area (TPSA) is 17.1 Å². The third-order valence-electron chi connectivity index (χ3n) is 3.47. The molecular weight excluding hydrogens is 220 g/mol. The van der Waals surface area contributed by atoms with Crippen LogP contribution < -0.4 is 0 Å². The summed E-state index contributed by atoms with van der Waals surface area (Å²) in [6.07, 6.45) is 10.7. The van der Waals surface area contributed by atoms with E-state index < -0.39 is 0 Å². The first kappa shape index (κ1) is 12.8. The standard InChI is InChI=1S/C17H20O/c1-14(18)17-12-10-16(11-13-17)9-5-8-15-6-3-2-4-7-15/h2-4,6-7,10-12,17H,5,8-9,13H2,1H3. The van der Waals surface area contributed by atoms with Crippen LogP contribution >= 0.6 is 0 Å². The second-order valence-corrected chi connectivity index (χ2v) is 4.93. The van der Waals surface area contributed by atoms with Crippen LogP contribution in [-0.4, -0.2) is 5.78 Å². The van der Waals surface area contributed by atoms with Gasteiger partial charge in [0.25, 0.3) is 0 Å². The first-order valence-corrected chi connectivity index (χ1v) is 6.67. The van der Waals surface area contributed by atoms with Crippen LogP contribution in [-0.2, 0) is 11.2 Å². The van der Waals surface area contributed by atoms with Crippen LogP contribution in [0.5, 0.6) is 0 Å². The Morgan fingerprint density at radius 1 is 1.22 bits per heavy atom. The molecular formula is C17H20O. The van der Waals surface area contributed by atoms with Gasteiger partial charge in [-0.25, -0.2) is 0 Å². The Hall–Kier alpha value is -1.63. The van der Waals surface area contributed by atoms with E-state index in [0.29, 0.717) is 0 Å². The summed E-state index contributed by atoms with van der Waals surface area (Å²) in [5, 5.41) is 0. The summed E-state index contributed by atoms with van der Waals surface area (Å²) in [6, 6.07) is 10.6. The van der Waals surface area contributed by atoms with E-state index in [2.05, 4.69) is 48.6 Å². The lowest BCUT2D eigenvalue weighted by Gasteiger charge is -2.13. The molecule has 2 rings (SSSR count). The van der Waals surface area contributed by atoms with Gasteiger partial charge < -0.3 is 0 Å². The van der Waals surface area contributed by atoms with Crippen LogP contribution in [0.15, 0.2) is 54.1 Å². The van der Waals surface area contributed by atoms with E-state index in [1.165, 1.54) is 17.6 Å². The predicted molar refractivity (Wildman–Crippen MR) is 75.4 cm³/mol. The summed E-state index contributed by atoms with van der Waals surface area (Å²) in [7, 11) is 0. The van der Waals surface area contributed by atoms with Gasteiger partial charge >= 0.3 is 0 Å². The summed E-state index contributed by atoms with van der Waals surface area (Å²) in [6.45, 7) is 1.67. The fraction of sp³-hybridized carbons (Fsp3) is 0.353. The molecule has 0 spiro atoms. The lowest BCUT2D eigenvalue weighted by Crippen LogP contribution is -2.09. The highest BCUT2D eigenvalue weighted by Crippen LogP contribution is 2.21. The van der Waals surface area contributed by atoms with Gasteiger partial charge in [-0.1, -0.05) is 54.1 Å². The van der Waals surface area contributed by atoms with Gasteiger partial charge in [-0.2, -0.15) is 0 Å². The molecule has 1 atom stereocenters. The quantitative estimate of drug-likeness (QED) is 0.757. The van der Waals surface area contributed by atoms with E-state index in [1.807, 2.05) is 0 Å². The third kappa shape index (κ3) is 3.69. The Bertz CT molecular complexity index is 454. The highest BCUT2D eigenvalue weighted by molar-refractivity contribution is 5.80. The zero-order valence-corrected chi connectivity index (χ0v) is 10.9. The van der Waals surface area contributed by atoms with Crippen LogP contribution in [0, 0.1) is 5.92 Å². The number of carbonyl (C=O) groups excluding carboxylic acids is 1. The molecule has 0 fully saturated rings. The number of Topliss-reactive ketones (excluding diaryl/α,β-unsaturated/α-hetero) is 1. The van der Waals surface area contributed by atoms with Gasteiger partial charge in [0.1, 0.15) is 5.78 Å². The maximum Gasteiger partial charge on any atom is 0.136 e. The molecule has 1 nitrogen and oxygen atoms in total. The lowest BCUT2D eigenvalue weighted by atomic mass is 9.91. The molecule has 0 N–H and O–H groups in total. The van der Waals surface area contributed by atoms with Crippen LogP contribution in [0.4, 0.5) is 0 Å². The molecule has 1 aromatic carbocycles. The van der Waals surface area contributed by atoms with Gasteiger partial charge in [-0.05, 0) is 38.2 Å². The minimum atomic E-state index is 0.114. The van der Waals surface area contributed by atoms with Gasteiger partial charge in [0.05, 0.1) is 0 Å². The van der Waals surface area contributed by atoms with Gasteiger partial charge in [0.2, 0.25) is 0 Å². The molecule has 1 aliphatic carbocycles. The Morgan fingerprint density at radius 3 is 2.61 bits per heavy atom. The average molecular weight is 240 g/mol. The van der Waals surface area contributed by atoms with E-state index >= 15 is 0 Å². The zero-order chi connectivity index (χ0) is 12.8. The van der Waals surface area contributed by atoms with Crippen LogP contribution in [0.2, 0.25) is 0 Å². The van der Waals surface area contributed by atoms with Crippen molar-refractivity contribution in [2.24, 2.45) is 5.92 Å². The fourth-order valence-electron chi connectivity index (χ4n) is 2.29. The van der Waals surface area contributed by atoms with Crippen molar-refractivity contribution in [2.75, 3.05) is 0 Å². The highest BCUT2D eigenvalue weighted by atomic mass is 16.1. The van der Waals surface area contributed by atoms with Crippen molar-refractivity contribution in [3.05, 3.63) is 59.7 Å². The molecule has 0 radical (unpaired) electrons. The Balaban J connectivity index is 1.76. The van der Waals surface area contributed by atoms with Gasteiger partial charge in [0, 0.05) is 5.92 Å². The van der Waals surface area contributed by atoms with Crippen molar-refractivity contribution in [3.63, 3.8) is 0 Å². The van der Waals surface area contributed by atoms with Crippen LogP contribution in [0.25, 0.3) is 0 Å². The Labute approximate surface area is 109 Å². The van der Waals surface area contributed by atoms with E-state index in [9.17, 15) is 4.79 Å². The number of hydrogen-bond donors (Lipinski definition) is 0. The van der Waals surface area contributed by atoms with Crippen molar-refractivity contribution >= 4 is 5.78 Å². The molecule has 0 bridgehead atoms. The molecule has 0 amide bonds. The molecule has 0 saturated heterocycles. The molecule has 0 saturated carbocycles. The van der Waals surface area contributed by atoms with E-state index in [0.717, 1.165) is 19.3 Å². The molecule has 1 aromatic rings. The normalized spacial score (nSPS) is 18.5. The summed E-state index contributed by atoms with van der Waals surface area (Å²) < 4.78 is 0. The number of hydrogen-bond acceptors (Lipinski definition) is 1. The van der Waals surface area contributed by atoms with Gasteiger partial charge in [-0.3, -0.25) is 4.79 Å². The first-order chi connectivity index (χ1) is 8.75. The number of aryl methyl sites for hydroxylation is 1. The lowest BCUT2D eigenvalue weighted by molar-refractivity contribution is -0.119. The number of allylic oxidation sites excluding steroid dienone is 4. The minimum Gasteiger partial charge on any atom is -0.299 e. The van der Waals surface area contributed by atoms with Gasteiger partial charge in [-0.15, -0.1) is 0 Å². The smallest absolute Gasteiger partial charge is 0.136 e. The highest BCUT2D eigenvalue weighted by Gasteiger charge is 2.12. The van der Waals surface area contributed by atoms with Crippen molar-refractivity contribution in [1.82, 2.24) is 0 Å². The molecule has 0 aliphatic heterocycles. The van der Waals surface area contributed by atoms with Gasteiger partial charge in [0.15, 0.2) is 0 Å². The summed E-state index contributed by atoms with van der Waals surface area (Å²) in [4.78, 5) is 11.2. The molecule has 1 heteroatoms. The SMILES string of the molecule is CC(=O)C1C=CC(CCCc2ccccc2)=CC1. The molecule has 0 aromatic heterocycles. The predicted octanol–water partition coefficient (Wildman–Crippen LogP) is 4.10. The van der Waals surface area contributed by atoms with Crippen LogP contribution in [0.1, 0.15) is 31.7 Å². The number of ketones is 1. The largest absolute Gasteiger partial charge is 0.299 e. The average Bonchev–Trinajstić information content (AvgIpc) is 2.40. The fourth-order valence-corrected chi connectivity index (χ4v) is 2.29. The molecule has 0 heterocycles. The van der Waals surface area contributed by atoms with E-state index in [1.54, 1.807) is 6.92 Å². The molecule has 1 unspecified atom stereocenters. The van der Waals surface area contributed by atoms with Crippen molar-refractivity contribution in [1.29, 1.82) is 0 Å². The maximum absolute atomic E-state index is 11.2. The number of carbonyl (C=O) groups is 1. The molecule has 1 aliphatic rings. The Morgan fingerprint density at radius 2 is 2.00 bits per heavy atom. The minimum absolute atomic E-state index is 0.114. The molecule has 94 valence electrons. The third-order valence-corrected chi connectivity index (χ3v) is 3.47. The molecule has 18 heavy (non-hydrogen) atoms. The van der Waals surface area contributed by atoms with Crippen LogP contribution in [0.3, 0.4) is 0 Å². The monoisotopic (exact) mass is 240 g/mol. The second-order valence-electron chi connectivity index (χ2n) is 4.93. The first-order valence-electron chi connectivity index (χ1n) is 6.67. The van der Waals surface area contributed by atoms with E-state index in [-0.39, 0.29) is 11.7 Å². The number of rotatable bonds is 5. The summed E-state index contributed by atoms with van der Waals surface area (Å²) in [5.41, 5.74) is 2.78. The second kappa shape index (κ2) is 6.34. The van der Waals surface area contributed by atoms with Crippen molar-refractivity contribution in [2.45, 2.75) is 32.6 Å². The number of benzene rings is 1. The zero-order valence-electron chi connectivity index (χ0n) is 10.9. The maximum atomic E-state index is 11.2. The Kier molecular flexibility index (Phi) is 4.52. The summed E-state index contributed by atoms with van der Waals surface area (Å²) in [5.74, 6) is 0.383. The van der Waals surface area contributed by atoms with Crippen molar-refractivity contribution < 1.29 is 4.79 Å². The summed E-state index contributed by atoms with van der Waals surface area (Å²) >= 11 is 0.